The van der Waals surface area contributed by atoms with E-state index >= 15 is 0 Å². The number of likely N-dealkylation sites (N-methyl/N-ethyl adjacent to an activating group) is 1. The highest BCUT2D eigenvalue weighted by Crippen LogP contribution is 2.33. The van der Waals surface area contributed by atoms with Gasteiger partial charge in [-0.15, -0.1) is 0 Å². The second-order valence-electron chi connectivity index (χ2n) is 9.32. The van der Waals surface area contributed by atoms with Crippen molar-refractivity contribution in [1.29, 1.82) is 0 Å². The minimum absolute atomic E-state index is 0.0318. The first-order chi connectivity index (χ1) is 18.7. The second kappa shape index (κ2) is 11.2. The lowest BCUT2D eigenvalue weighted by Crippen LogP contribution is -2.27. The summed E-state index contributed by atoms with van der Waals surface area (Å²) >= 11 is 1.13. The summed E-state index contributed by atoms with van der Waals surface area (Å²) in [5, 5.41) is 6.78. The van der Waals surface area contributed by atoms with Crippen LogP contribution >= 0.6 is 11.3 Å². The number of carbonyl (C=O) groups is 2. The molecule has 1 aliphatic heterocycles. The second-order valence-corrected chi connectivity index (χ2v) is 12.5. The van der Waals surface area contributed by atoms with Gasteiger partial charge in [0.1, 0.15) is 10.3 Å². The summed E-state index contributed by atoms with van der Waals surface area (Å²) in [6.45, 7) is 0.759. The summed E-state index contributed by atoms with van der Waals surface area (Å²) in [7, 11) is -0.101. The van der Waals surface area contributed by atoms with Crippen molar-refractivity contribution in [3.8, 4) is 5.88 Å². The number of sulfone groups is 1. The highest BCUT2D eigenvalue weighted by Gasteiger charge is 2.36. The van der Waals surface area contributed by atoms with Crippen molar-refractivity contribution >= 4 is 54.2 Å². The van der Waals surface area contributed by atoms with Gasteiger partial charge in [-0.3, -0.25) is 14.9 Å². The van der Waals surface area contributed by atoms with Crippen molar-refractivity contribution in [3.63, 3.8) is 0 Å². The van der Waals surface area contributed by atoms with E-state index in [2.05, 4.69) is 20.4 Å². The molecule has 3 aromatic rings. The molecule has 1 aromatic carbocycles. The van der Waals surface area contributed by atoms with E-state index in [9.17, 15) is 18.0 Å². The van der Waals surface area contributed by atoms with Gasteiger partial charge in [0.25, 0.3) is 11.8 Å². The lowest BCUT2D eigenvalue weighted by molar-refractivity contribution is -0.130. The normalized spacial score (nSPS) is 17.7. The monoisotopic (exact) mass is 573 g/mol. The molecule has 1 atom stereocenters. The number of thiazole rings is 1. The molecule has 0 bridgehead atoms. The molecule has 1 saturated carbocycles. The first-order valence-corrected chi connectivity index (χ1v) is 14.6. The summed E-state index contributed by atoms with van der Waals surface area (Å²) in [4.78, 5) is 41.6. The largest absolute Gasteiger partial charge is 0.468 e. The van der Waals surface area contributed by atoms with Gasteiger partial charge in [-0.2, -0.15) is 0 Å². The van der Waals surface area contributed by atoms with Gasteiger partial charge in [-0.05, 0) is 31.0 Å². The molecule has 1 N–H and O–H groups in total. The standard InChI is InChI=1S/C25H27N5O7S2/c1-30(2)21(31)14-36-20-10-9-19-24(27-20)38-25(26-19)28-23(32)22(29-37-16-11-12-35-13-16)15-3-5-17(6-4-15)39(33,34)18-7-8-18/h3-6,9-10,16,18H,7-8,11-14H2,1-2H3,(H,26,28,32)/t16-/m1/s1. The Morgan fingerprint density at radius 2 is 1.90 bits per heavy atom. The van der Waals surface area contributed by atoms with Crippen molar-refractivity contribution in [2.75, 3.05) is 39.2 Å². The fourth-order valence-electron chi connectivity index (χ4n) is 3.68. The molecule has 39 heavy (non-hydrogen) atoms. The number of pyridine rings is 1. The van der Waals surface area contributed by atoms with Gasteiger partial charge in [0, 0.05) is 32.1 Å². The maximum absolute atomic E-state index is 13.3. The molecule has 2 aromatic heterocycles. The summed E-state index contributed by atoms with van der Waals surface area (Å²) in [5.41, 5.74) is 0.895. The highest BCUT2D eigenvalue weighted by molar-refractivity contribution is 7.92. The summed E-state index contributed by atoms with van der Waals surface area (Å²) in [5.74, 6) is -0.528. The van der Waals surface area contributed by atoms with E-state index < -0.39 is 15.7 Å². The molecular formula is C25H27N5O7S2. The van der Waals surface area contributed by atoms with Crippen molar-refractivity contribution in [1.82, 2.24) is 14.9 Å². The smallest absolute Gasteiger partial charge is 0.280 e. The Hall–Kier alpha value is -3.62. The number of benzene rings is 1. The van der Waals surface area contributed by atoms with Gasteiger partial charge >= 0.3 is 0 Å². The minimum atomic E-state index is -3.37. The first kappa shape index (κ1) is 27.0. The van der Waals surface area contributed by atoms with Crippen LogP contribution in [0.3, 0.4) is 0 Å². The molecule has 0 radical (unpaired) electrons. The maximum Gasteiger partial charge on any atom is 0.280 e. The van der Waals surface area contributed by atoms with Crippen molar-refractivity contribution in [2.45, 2.75) is 35.5 Å². The summed E-state index contributed by atoms with van der Waals surface area (Å²) in [6.07, 6.45) is 1.68. The van der Waals surface area contributed by atoms with Crippen molar-refractivity contribution < 1.29 is 32.3 Å². The number of hydrogen-bond acceptors (Lipinski definition) is 11. The number of nitrogens with zero attached hydrogens (tertiary/aromatic N) is 4. The molecule has 14 heteroatoms. The first-order valence-electron chi connectivity index (χ1n) is 12.3. The molecule has 12 nitrogen and oxygen atoms in total. The number of ether oxygens (including phenoxy) is 2. The Morgan fingerprint density at radius 1 is 1.13 bits per heavy atom. The molecule has 1 aliphatic carbocycles. The SMILES string of the molecule is CN(C)C(=O)COc1ccc2nc(NC(=O)C(=NO[C@@H]3CCOC3)c3ccc(S(=O)(=O)C4CC4)cc3)sc2n1. The van der Waals surface area contributed by atoms with Crippen LogP contribution in [0.1, 0.15) is 24.8 Å². The molecule has 0 unspecified atom stereocenters. The third-order valence-electron chi connectivity index (χ3n) is 6.11. The van der Waals surface area contributed by atoms with E-state index in [1.54, 1.807) is 38.4 Å². The van der Waals surface area contributed by atoms with E-state index in [1.807, 2.05) is 0 Å². The minimum Gasteiger partial charge on any atom is -0.468 e. The molecule has 2 aliphatic rings. The van der Waals surface area contributed by atoms with Gasteiger partial charge in [0.05, 0.1) is 23.4 Å². The van der Waals surface area contributed by atoms with Crippen LogP contribution < -0.4 is 10.1 Å². The Balaban J connectivity index is 1.34. The van der Waals surface area contributed by atoms with Crippen LogP contribution in [0.15, 0.2) is 46.4 Å². The number of aromatic nitrogens is 2. The number of amides is 2. The quantitative estimate of drug-likeness (QED) is 0.285. The van der Waals surface area contributed by atoms with Crippen LogP contribution in [0.25, 0.3) is 10.3 Å². The van der Waals surface area contributed by atoms with Gasteiger partial charge in [-0.25, -0.2) is 18.4 Å². The van der Waals surface area contributed by atoms with Gasteiger partial charge < -0.3 is 19.2 Å². The fourth-order valence-corrected chi connectivity index (χ4v) is 6.16. The lowest BCUT2D eigenvalue weighted by Gasteiger charge is -2.10. The van der Waals surface area contributed by atoms with Gasteiger partial charge in [0.2, 0.25) is 5.88 Å². The van der Waals surface area contributed by atoms with Crippen LogP contribution in [0, 0.1) is 0 Å². The third-order valence-corrected chi connectivity index (χ3v) is 9.27. The molecule has 3 heterocycles. The zero-order valence-electron chi connectivity index (χ0n) is 21.3. The molecule has 2 fully saturated rings. The highest BCUT2D eigenvalue weighted by atomic mass is 32.2. The van der Waals surface area contributed by atoms with E-state index in [-0.39, 0.29) is 45.5 Å². The number of anilines is 1. The molecule has 2 amide bonds. The van der Waals surface area contributed by atoms with Crippen molar-refractivity contribution in [2.24, 2.45) is 5.16 Å². The van der Waals surface area contributed by atoms with Crippen LogP contribution in [0.4, 0.5) is 5.13 Å². The fraction of sp³-hybridized carbons (Fsp3) is 0.400. The molecule has 5 rings (SSSR count). The number of hydrogen-bond donors (Lipinski definition) is 1. The van der Waals surface area contributed by atoms with E-state index in [1.165, 1.54) is 17.0 Å². The van der Waals surface area contributed by atoms with Gasteiger partial charge in [-0.1, -0.05) is 28.6 Å². The number of nitrogens with one attached hydrogen (secondary N) is 1. The average molecular weight is 574 g/mol. The Kier molecular flexibility index (Phi) is 7.77. The van der Waals surface area contributed by atoms with E-state index in [4.69, 9.17) is 14.3 Å². The van der Waals surface area contributed by atoms with Crippen LogP contribution in [0.2, 0.25) is 0 Å². The summed E-state index contributed by atoms with van der Waals surface area (Å²) in [6, 6.07) is 9.32. The van der Waals surface area contributed by atoms with Gasteiger partial charge in [0.15, 0.2) is 33.4 Å². The molecule has 206 valence electrons. The van der Waals surface area contributed by atoms with E-state index in [0.717, 1.165) is 11.3 Å². The zero-order valence-corrected chi connectivity index (χ0v) is 23.0. The number of fused-ring (bicyclic) bond motifs is 1. The molecule has 1 saturated heterocycles. The Bertz CT molecular complexity index is 1510. The predicted octanol–water partition coefficient (Wildman–Crippen LogP) is 2.24. The predicted molar refractivity (Wildman–Crippen MR) is 144 cm³/mol. The summed E-state index contributed by atoms with van der Waals surface area (Å²) < 4.78 is 35.9. The number of carbonyl (C=O) groups excluding carboxylic acids is 2. The molecule has 0 spiro atoms. The Morgan fingerprint density at radius 3 is 2.56 bits per heavy atom. The van der Waals surface area contributed by atoms with E-state index in [0.29, 0.717) is 48.4 Å². The number of rotatable bonds is 10. The maximum atomic E-state index is 13.3. The van der Waals surface area contributed by atoms with Crippen LogP contribution in [0.5, 0.6) is 5.88 Å². The van der Waals surface area contributed by atoms with Crippen molar-refractivity contribution in [3.05, 3.63) is 42.0 Å². The lowest BCUT2D eigenvalue weighted by atomic mass is 10.1. The van der Waals surface area contributed by atoms with Crippen LogP contribution in [-0.2, 0) is 29.0 Å². The number of oxime groups is 1. The average Bonchev–Trinajstić information content (AvgIpc) is 3.52. The topological polar surface area (TPSA) is 149 Å². The van der Waals surface area contributed by atoms with Crippen LogP contribution in [-0.4, -0.2) is 86.1 Å². The Labute approximate surface area is 228 Å². The molecular weight excluding hydrogens is 546 g/mol. The third kappa shape index (κ3) is 6.34. The zero-order chi connectivity index (χ0) is 27.6.